The van der Waals surface area contributed by atoms with Crippen LogP contribution in [0.2, 0.25) is 0 Å². The van der Waals surface area contributed by atoms with Crippen molar-refractivity contribution < 1.29 is 14.3 Å². The van der Waals surface area contributed by atoms with Crippen molar-refractivity contribution >= 4 is 11.8 Å². The molecule has 2 atom stereocenters. The molecular weight excluding hydrogens is 232 g/mol. The fourth-order valence-electron chi connectivity index (χ4n) is 2.80. The fourth-order valence-corrected chi connectivity index (χ4v) is 2.80. The molecule has 2 heterocycles. The van der Waals surface area contributed by atoms with Gasteiger partial charge in [-0.05, 0) is 38.1 Å². The number of carbonyl (C=O) groups excluding carboxylic acids is 2. The Hall–Kier alpha value is -0.940. The number of imide groups is 1. The number of nitrogens with one attached hydrogen (secondary N) is 1. The van der Waals surface area contributed by atoms with Crippen molar-refractivity contribution in [3.05, 3.63) is 0 Å². The second-order valence-electron chi connectivity index (χ2n) is 5.56. The van der Waals surface area contributed by atoms with Crippen LogP contribution in [0.5, 0.6) is 0 Å². The molecule has 3 aliphatic rings. The van der Waals surface area contributed by atoms with Crippen LogP contribution in [-0.2, 0) is 14.3 Å². The Morgan fingerprint density at radius 1 is 1.28 bits per heavy atom. The highest BCUT2D eigenvalue weighted by Gasteiger charge is 2.45. The van der Waals surface area contributed by atoms with Gasteiger partial charge in [-0.3, -0.25) is 14.5 Å². The van der Waals surface area contributed by atoms with Crippen LogP contribution in [0.1, 0.15) is 32.1 Å². The molecule has 0 bridgehead atoms. The van der Waals surface area contributed by atoms with Gasteiger partial charge in [0.25, 0.3) is 0 Å². The van der Waals surface area contributed by atoms with Gasteiger partial charge in [0.1, 0.15) is 0 Å². The number of amides is 2. The Morgan fingerprint density at radius 3 is 2.78 bits per heavy atom. The molecule has 1 aliphatic carbocycles. The smallest absolute Gasteiger partial charge is 0.247 e. The quantitative estimate of drug-likeness (QED) is 0.715. The molecule has 2 unspecified atom stereocenters. The van der Waals surface area contributed by atoms with Gasteiger partial charge in [0, 0.05) is 19.3 Å². The highest BCUT2D eigenvalue weighted by atomic mass is 16.5. The molecule has 1 saturated carbocycles. The van der Waals surface area contributed by atoms with Crippen molar-refractivity contribution in [2.24, 2.45) is 5.92 Å². The number of ether oxygens (including phenoxy) is 1. The van der Waals surface area contributed by atoms with E-state index in [9.17, 15) is 9.59 Å². The molecule has 18 heavy (non-hydrogen) atoms. The zero-order valence-corrected chi connectivity index (χ0v) is 10.6. The maximum atomic E-state index is 12.0. The Kier molecular flexibility index (Phi) is 3.35. The van der Waals surface area contributed by atoms with E-state index in [-0.39, 0.29) is 23.9 Å². The van der Waals surface area contributed by atoms with E-state index < -0.39 is 0 Å². The second kappa shape index (κ2) is 4.97. The number of rotatable bonds is 5. The van der Waals surface area contributed by atoms with E-state index in [1.165, 1.54) is 4.90 Å². The fraction of sp³-hybridized carbons (Fsp3) is 0.846. The van der Waals surface area contributed by atoms with E-state index in [0.717, 1.165) is 45.4 Å². The summed E-state index contributed by atoms with van der Waals surface area (Å²) in [4.78, 5) is 25.3. The molecule has 1 N–H and O–H groups in total. The van der Waals surface area contributed by atoms with Crippen LogP contribution in [0.15, 0.2) is 0 Å². The Bertz CT molecular complexity index is 348. The second-order valence-corrected chi connectivity index (χ2v) is 5.56. The topological polar surface area (TPSA) is 58.6 Å². The predicted octanol–water partition coefficient (Wildman–Crippen LogP) is 0.293. The molecule has 0 aromatic heterocycles. The van der Waals surface area contributed by atoms with Gasteiger partial charge in [-0.2, -0.15) is 0 Å². The van der Waals surface area contributed by atoms with Crippen molar-refractivity contribution in [2.45, 2.75) is 44.2 Å². The molecule has 3 fully saturated rings. The molecule has 0 spiro atoms. The first-order chi connectivity index (χ1) is 8.75. The summed E-state index contributed by atoms with van der Waals surface area (Å²) in [5.41, 5.74) is 0. The highest BCUT2D eigenvalue weighted by molar-refractivity contribution is 6.06. The first kappa shape index (κ1) is 12.1. The Labute approximate surface area is 107 Å². The monoisotopic (exact) mass is 252 g/mol. The van der Waals surface area contributed by atoms with E-state index in [4.69, 9.17) is 4.74 Å². The van der Waals surface area contributed by atoms with E-state index >= 15 is 0 Å². The maximum absolute atomic E-state index is 12.0. The molecule has 2 amide bonds. The van der Waals surface area contributed by atoms with Gasteiger partial charge in [0.2, 0.25) is 11.8 Å². The summed E-state index contributed by atoms with van der Waals surface area (Å²) in [7, 11) is 0. The normalized spacial score (nSPS) is 32.6. The predicted molar refractivity (Wildman–Crippen MR) is 64.8 cm³/mol. The molecule has 100 valence electrons. The van der Waals surface area contributed by atoms with Crippen molar-refractivity contribution in [3.63, 3.8) is 0 Å². The van der Waals surface area contributed by atoms with Gasteiger partial charge < -0.3 is 10.1 Å². The first-order valence-electron chi connectivity index (χ1n) is 6.92. The summed E-state index contributed by atoms with van der Waals surface area (Å²) in [6, 6.07) is -0.0690. The third-order valence-electron chi connectivity index (χ3n) is 4.06. The molecule has 2 aliphatic heterocycles. The van der Waals surface area contributed by atoms with Crippen LogP contribution in [-0.4, -0.2) is 48.6 Å². The zero-order valence-electron chi connectivity index (χ0n) is 10.6. The minimum absolute atomic E-state index is 0.00389. The molecule has 3 rings (SSSR count). The molecule has 2 saturated heterocycles. The molecule has 0 radical (unpaired) electrons. The van der Waals surface area contributed by atoms with E-state index in [0.29, 0.717) is 12.3 Å². The highest BCUT2D eigenvalue weighted by Crippen LogP contribution is 2.31. The molecular formula is C13H20N2O3. The van der Waals surface area contributed by atoms with Crippen molar-refractivity contribution in [3.8, 4) is 0 Å². The van der Waals surface area contributed by atoms with Gasteiger partial charge in [-0.25, -0.2) is 0 Å². The SMILES string of the molecule is O=C1CC(NCCC2CCOC2)C(=O)N1C1CC1. The number of nitrogens with zero attached hydrogens (tertiary/aromatic N) is 1. The Balaban J connectivity index is 1.45. The zero-order chi connectivity index (χ0) is 12.5. The van der Waals surface area contributed by atoms with Gasteiger partial charge in [0.05, 0.1) is 12.5 Å². The van der Waals surface area contributed by atoms with E-state index in [1.54, 1.807) is 0 Å². The first-order valence-corrected chi connectivity index (χ1v) is 6.92. The van der Waals surface area contributed by atoms with Crippen LogP contribution < -0.4 is 5.32 Å². The van der Waals surface area contributed by atoms with E-state index in [1.807, 2.05) is 0 Å². The number of likely N-dealkylation sites (tertiary alicyclic amines) is 1. The summed E-state index contributed by atoms with van der Waals surface area (Å²) in [6.45, 7) is 2.50. The van der Waals surface area contributed by atoms with E-state index in [2.05, 4.69) is 5.32 Å². The summed E-state index contributed by atoms with van der Waals surface area (Å²) >= 11 is 0. The van der Waals surface area contributed by atoms with Crippen LogP contribution in [0.3, 0.4) is 0 Å². The summed E-state index contributed by atoms with van der Waals surface area (Å²) in [6.07, 6.45) is 4.47. The molecule has 5 nitrogen and oxygen atoms in total. The minimum Gasteiger partial charge on any atom is -0.381 e. The van der Waals surface area contributed by atoms with Gasteiger partial charge in [0.15, 0.2) is 0 Å². The molecule has 0 aromatic rings. The summed E-state index contributed by atoms with van der Waals surface area (Å²) < 4.78 is 5.32. The number of hydrogen-bond donors (Lipinski definition) is 1. The lowest BCUT2D eigenvalue weighted by Crippen LogP contribution is -2.40. The number of carbonyl (C=O) groups is 2. The van der Waals surface area contributed by atoms with Crippen LogP contribution >= 0.6 is 0 Å². The average molecular weight is 252 g/mol. The Morgan fingerprint density at radius 2 is 2.11 bits per heavy atom. The standard InChI is InChI=1S/C13H20N2O3/c16-12-7-11(13(17)15(12)10-1-2-10)14-5-3-9-4-6-18-8-9/h9-11,14H,1-8H2. The van der Waals surface area contributed by atoms with Gasteiger partial charge in [-0.1, -0.05) is 0 Å². The van der Waals surface area contributed by atoms with Crippen LogP contribution in [0.4, 0.5) is 0 Å². The van der Waals surface area contributed by atoms with Crippen molar-refractivity contribution in [2.75, 3.05) is 19.8 Å². The summed E-state index contributed by atoms with van der Waals surface area (Å²) in [5, 5.41) is 3.23. The molecule has 0 aromatic carbocycles. The van der Waals surface area contributed by atoms with Crippen molar-refractivity contribution in [1.29, 1.82) is 0 Å². The third-order valence-corrected chi connectivity index (χ3v) is 4.06. The van der Waals surface area contributed by atoms with Crippen molar-refractivity contribution in [1.82, 2.24) is 10.2 Å². The average Bonchev–Trinajstić information content (AvgIpc) is 2.95. The lowest BCUT2D eigenvalue weighted by atomic mass is 10.1. The van der Waals surface area contributed by atoms with Crippen LogP contribution in [0.25, 0.3) is 0 Å². The lowest BCUT2D eigenvalue weighted by molar-refractivity contribution is -0.139. The van der Waals surface area contributed by atoms with Gasteiger partial charge in [-0.15, -0.1) is 0 Å². The van der Waals surface area contributed by atoms with Gasteiger partial charge >= 0.3 is 0 Å². The largest absolute Gasteiger partial charge is 0.381 e. The third kappa shape index (κ3) is 2.42. The molecule has 5 heteroatoms. The van der Waals surface area contributed by atoms with Crippen LogP contribution in [0, 0.1) is 5.92 Å². The maximum Gasteiger partial charge on any atom is 0.247 e. The summed E-state index contributed by atoms with van der Waals surface area (Å²) in [5.74, 6) is 0.610. The minimum atomic E-state index is -0.277. The number of hydrogen-bond acceptors (Lipinski definition) is 4. The lowest BCUT2D eigenvalue weighted by Gasteiger charge is -2.15.